The minimum Gasteiger partial charge on any atom is -0.390 e. The van der Waals surface area contributed by atoms with Crippen LogP contribution >= 0.6 is 0 Å². The van der Waals surface area contributed by atoms with Crippen molar-refractivity contribution in [1.82, 2.24) is 0 Å². The SMILES string of the molecule is C=C1/C(=C\C=C2/CCC[C@]3(C)[C@@H]([C@H](C)CCCC(C)(C)O)CC[C@@H]23)C[C@@H](O)C(O)[C@@H]1O. The van der Waals surface area contributed by atoms with Crippen LogP contribution in [0.2, 0.25) is 0 Å². The van der Waals surface area contributed by atoms with Gasteiger partial charge in [0.1, 0.15) is 12.2 Å². The molecule has 0 aliphatic heterocycles. The van der Waals surface area contributed by atoms with Gasteiger partial charge in [-0.2, -0.15) is 0 Å². The maximum absolute atomic E-state index is 10.1. The molecule has 3 fully saturated rings. The lowest BCUT2D eigenvalue weighted by molar-refractivity contribution is -0.0530. The standard InChI is InChI=1S/C27H44O4/c1-17(8-6-14-26(3,4)31)21-12-13-22-19(9-7-15-27(21,22)5)10-11-20-16-23(28)25(30)24(29)18(20)2/h10-11,17,21-25,28-31H,2,6-9,12-16H2,1,3-5H3/b19-10+,20-11-/t17-,21-,22+,23-,24-,25?,27-/m1/s1. The summed E-state index contributed by atoms with van der Waals surface area (Å²) in [7, 11) is 0. The van der Waals surface area contributed by atoms with Crippen LogP contribution < -0.4 is 0 Å². The van der Waals surface area contributed by atoms with Crippen molar-refractivity contribution in [1.29, 1.82) is 0 Å². The molecule has 3 saturated carbocycles. The van der Waals surface area contributed by atoms with Crippen LogP contribution in [-0.4, -0.2) is 44.3 Å². The molecule has 0 amide bonds. The number of aliphatic hydroxyl groups is 4. The topological polar surface area (TPSA) is 80.9 Å². The van der Waals surface area contributed by atoms with Gasteiger partial charge in [0.05, 0.1) is 11.7 Å². The third-order valence-corrected chi connectivity index (χ3v) is 8.59. The molecule has 4 N–H and O–H groups in total. The molecule has 0 aromatic rings. The van der Waals surface area contributed by atoms with Gasteiger partial charge in [-0.3, -0.25) is 0 Å². The molecule has 0 spiro atoms. The van der Waals surface area contributed by atoms with E-state index in [9.17, 15) is 20.4 Å². The Morgan fingerprint density at radius 2 is 1.90 bits per heavy atom. The summed E-state index contributed by atoms with van der Waals surface area (Å²) >= 11 is 0. The first-order valence-electron chi connectivity index (χ1n) is 12.3. The van der Waals surface area contributed by atoms with Gasteiger partial charge in [0.2, 0.25) is 0 Å². The summed E-state index contributed by atoms with van der Waals surface area (Å²) in [6.45, 7) is 12.6. The second kappa shape index (κ2) is 9.51. The minimum absolute atomic E-state index is 0.329. The quantitative estimate of drug-likeness (QED) is 0.491. The fourth-order valence-corrected chi connectivity index (χ4v) is 6.74. The van der Waals surface area contributed by atoms with Crippen molar-refractivity contribution < 1.29 is 20.4 Å². The largest absolute Gasteiger partial charge is 0.390 e. The zero-order valence-corrected chi connectivity index (χ0v) is 20.0. The van der Waals surface area contributed by atoms with E-state index in [1.807, 2.05) is 19.9 Å². The lowest BCUT2D eigenvalue weighted by Crippen LogP contribution is -2.43. The molecule has 4 nitrogen and oxygen atoms in total. The van der Waals surface area contributed by atoms with Gasteiger partial charge in [-0.05, 0) is 86.7 Å². The summed E-state index contributed by atoms with van der Waals surface area (Å²) in [5, 5.41) is 40.1. The molecule has 31 heavy (non-hydrogen) atoms. The Morgan fingerprint density at radius 1 is 1.19 bits per heavy atom. The molecule has 3 aliphatic carbocycles. The van der Waals surface area contributed by atoms with Crippen molar-refractivity contribution in [3.63, 3.8) is 0 Å². The van der Waals surface area contributed by atoms with Crippen LogP contribution in [0.15, 0.2) is 35.5 Å². The van der Waals surface area contributed by atoms with Gasteiger partial charge < -0.3 is 20.4 Å². The van der Waals surface area contributed by atoms with Gasteiger partial charge >= 0.3 is 0 Å². The average Bonchev–Trinajstić information content (AvgIpc) is 3.04. The molecule has 0 radical (unpaired) electrons. The van der Waals surface area contributed by atoms with E-state index >= 15 is 0 Å². The highest BCUT2D eigenvalue weighted by molar-refractivity contribution is 5.40. The van der Waals surface area contributed by atoms with Crippen molar-refractivity contribution in [2.75, 3.05) is 0 Å². The first kappa shape index (κ1) is 24.7. The van der Waals surface area contributed by atoms with Gasteiger partial charge in [-0.1, -0.05) is 51.0 Å². The Labute approximate surface area is 188 Å². The molecule has 0 aromatic carbocycles. The van der Waals surface area contributed by atoms with Crippen LogP contribution in [0.1, 0.15) is 85.5 Å². The number of hydrogen-bond acceptors (Lipinski definition) is 4. The molecular weight excluding hydrogens is 388 g/mol. The van der Waals surface area contributed by atoms with E-state index in [1.54, 1.807) is 0 Å². The fraction of sp³-hybridized carbons (Fsp3) is 0.778. The van der Waals surface area contributed by atoms with Gasteiger partial charge in [0.15, 0.2) is 0 Å². The van der Waals surface area contributed by atoms with Crippen molar-refractivity contribution in [2.24, 2.45) is 23.2 Å². The summed E-state index contributed by atoms with van der Waals surface area (Å²) in [5.41, 5.74) is 2.62. The van der Waals surface area contributed by atoms with Crippen molar-refractivity contribution in [3.05, 3.63) is 35.5 Å². The molecule has 1 unspecified atom stereocenters. The van der Waals surface area contributed by atoms with Gasteiger partial charge in [-0.15, -0.1) is 0 Å². The van der Waals surface area contributed by atoms with Crippen molar-refractivity contribution in [3.8, 4) is 0 Å². The Balaban J connectivity index is 1.71. The Morgan fingerprint density at radius 3 is 2.58 bits per heavy atom. The lowest BCUT2D eigenvalue weighted by Gasteiger charge is -2.44. The van der Waals surface area contributed by atoms with Gasteiger partial charge in [0, 0.05) is 6.42 Å². The molecule has 0 saturated heterocycles. The summed E-state index contributed by atoms with van der Waals surface area (Å²) in [5.74, 6) is 1.98. The predicted octanol–water partition coefficient (Wildman–Crippen LogP) is 4.68. The summed E-state index contributed by atoms with van der Waals surface area (Å²) in [6, 6.07) is 0. The lowest BCUT2D eigenvalue weighted by atomic mass is 9.60. The molecule has 7 atom stereocenters. The smallest absolute Gasteiger partial charge is 0.110 e. The molecule has 4 heteroatoms. The molecule has 0 heterocycles. The van der Waals surface area contributed by atoms with E-state index in [0.717, 1.165) is 30.8 Å². The molecule has 0 aromatic heterocycles. The Hall–Kier alpha value is -0.940. The normalized spacial score (nSPS) is 40.4. The zero-order valence-electron chi connectivity index (χ0n) is 20.0. The van der Waals surface area contributed by atoms with E-state index < -0.39 is 23.9 Å². The highest BCUT2D eigenvalue weighted by Crippen LogP contribution is 2.60. The Kier molecular flexibility index (Phi) is 7.57. The zero-order chi connectivity index (χ0) is 23.0. The van der Waals surface area contributed by atoms with Gasteiger partial charge in [0.25, 0.3) is 0 Å². The van der Waals surface area contributed by atoms with Crippen LogP contribution in [-0.2, 0) is 0 Å². The number of rotatable bonds is 6. The maximum Gasteiger partial charge on any atom is 0.110 e. The van der Waals surface area contributed by atoms with Crippen LogP contribution in [0, 0.1) is 23.2 Å². The van der Waals surface area contributed by atoms with Gasteiger partial charge in [-0.25, -0.2) is 0 Å². The van der Waals surface area contributed by atoms with E-state index in [2.05, 4.69) is 26.5 Å². The van der Waals surface area contributed by atoms with Crippen LogP contribution in [0.3, 0.4) is 0 Å². The predicted molar refractivity (Wildman–Crippen MR) is 125 cm³/mol. The van der Waals surface area contributed by atoms with Crippen LogP contribution in [0.25, 0.3) is 0 Å². The second-order valence-corrected chi connectivity index (χ2v) is 11.4. The summed E-state index contributed by atoms with van der Waals surface area (Å²) in [4.78, 5) is 0. The molecule has 176 valence electrons. The molecule has 3 aliphatic rings. The first-order valence-corrected chi connectivity index (χ1v) is 12.3. The first-order chi connectivity index (χ1) is 14.4. The molecule has 3 rings (SSSR count). The highest BCUT2D eigenvalue weighted by Gasteiger charge is 2.50. The third-order valence-electron chi connectivity index (χ3n) is 8.59. The number of aliphatic hydroxyl groups excluding tert-OH is 3. The highest BCUT2D eigenvalue weighted by atomic mass is 16.4. The van der Waals surface area contributed by atoms with E-state index in [4.69, 9.17) is 0 Å². The van der Waals surface area contributed by atoms with Crippen LogP contribution in [0.5, 0.6) is 0 Å². The van der Waals surface area contributed by atoms with E-state index in [1.165, 1.54) is 37.7 Å². The number of fused-ring (bicyclic) bond motifs is 1. The molecule has 0 bridgehead atoms. The van der Waals surface area contributed by atoms with Crippen molar-refractivity contribution >= 4 is 0 Å². The summed E-state index contributed by atoms with van der Waals surface area (Å²) in [6.07, 6.45) is 10.6. The fourth-order valence-electron chi connectivity index (χ4n) is 6.74. The number of allylic oxidation sites excluding steroid dienone is 3. The maximum atomic E-state index is 10.1. The third kappa shape index (κ3) is 5.35. The minimum atomic E-state index is -1.15. The second-order valence-electron chi connectivity index (χ2n) is 11.4. The average molecular weight is 433 g/mol. The monoisotopic (exact) mass is 432 g/mol. The Bertz CT molecular complexity index is 715. The summed E-state index contributed by atoms with van der Waals surface area (Å²) < 4.78 is 0. The van der Waals surface area contributed by atoms with Crippen molar-refractivity contribution in [2.45, 2.75) is 109 Å². The van der Waals surface area contributed by atoms with E-state index in [-0.39, 0.29) is 0 Å². The van der Waals surface area contributed by atoms with E-state index in [0.29, 0.717) is 29.2 Å². The molecular formula is C27H44O4. The van der Waals surface area contributed by atoms with Crippen LogP contribution in [0.4, 0.5) is 0 Å². The number of hydrogen-bond donors (Lipinski definition) is 4.